The van der Waals surface area contributed by atoms with Crippen LogP contribution in [0.4, 0.5) is 0 Å². The molecule has 0 aliphatic rings. The molecule has 34 heavy (non-hydrogen) atoms. The van der Waals surface area contributed by atoms with Crippen molar-refractivity contribution in [3.05, 3.63) is 0 Å². The van der Waals surface area contributed by atoms with Gasteiger partial charge in [-0.15, -0.1) is 0 Å². The van der Waals surface area contributed by atoms with Crippen LogP contribution in [0.2, 0.25) is 0 Å². The second kappa shape index (κ2) is 15.7. The lowest BCUT2D eigenvalue weighted by molar-refractivity contribution is -0.141. The molecule has 14 nitrogen and oxygen atoms in total. The van der Waals surface area contributed by atoms with Gasteiger partial charge in [0.1, 0.15) is 18.1 Å². The summed E-state index contributed by atoms with van der Waals surface area (Å²) >= 11 is 3.91. The number of nitrogens with two attached hydrogens (primary N) is 4. The van der Waals surface area contributed by atoms with E-state index in [0.717, 1.165) is 0 Å². The first kappa shape index (κ1) is 30.9. The number of thiol groups is 1. The molecule has 0 saturated heterocycles. The molecular weight excluding hydrogens is 468 g/mol. The summed E-state index contributed by atoms with van der Waals surface area (Å²) in [5.74, 6) is -4.58. The Hall–Kier alpha value is -3.07. The first-order valence-electron chi connectivity index (χ1n) is 10.6. The van der Waals surface area contributed by atoms with Gasteiger partial charge in [-0.25, -0.2) is 4.79 Å². The average molecular weight is 505 g/mol. The van der Waals surface area contributed by atoms with Crippen molar-refractivity contribution in [2.24, 2.45) is 33.8 Å². The molecular formula is C19H36N8O6S. The SMILES string of the molecule is CC(C)CC(NC(=O)C(CCCN=C(N)N)NC(=O)C(N)CC(N)=O)C(=O)NC(CS)C(=O)O. The zero-order valence-electron chi connectivity index (χ0n) is 19.3. The van der Waals surface area contributed by atoms with Gasteiger partial charge in [0.25, 0.3) is 0 Å². The first-order valence-corrected chi connectivity index (χ1v) is 11.3. The molecule has 0 fully saturated rings. The van der Waals surface area contributed by atoms with Crippen LogP contribution in [-0.2, 0) is 24.0 Å². The van der Waals surface area contributed by atoms with Crippen LogP contribution >= 0.6 is 12.6 Å². The van der Waals surface area contributed by atoms with Gasteiger partial charge in [-0.1, -0.05) is 13.8 Å². The molecule has 0 aromatic heterocycles. The van der Waals surface area contributed by atoms with Gasteiger partial charge in [-0.2, -0.15) is 12.6 Å². The normalized spacial score (nSPS) is 14.3. The molecule has 0 saturated carbocycles. The number of primary amides is 1. The monoisotopic (exact) mass is 504 g/mol. The highest BCUT2D eigenvalue weighted by atomic mass is 32.1. The van der Waals surface area contributed by atoms with Crippen molar-refractivity contribution in [1.29, 1.82) is 0 Å². The Bertz CT molecular complexity index is 759. The Kier molecular flexibility index (Phi) is 14.3. The number of hydrogen-bond donors (Lipinski definition) is 9. The van der Waals surface area contributed by atoms with Gasteiger partial charge in [-0.3, -0.25) is 24.2 Å². The minimum absolute atomic E-state index is 0.0331. The summed E-state index contributed by atoms with van der Waals surface area (Å²) in [6.45, 7) is 3.81. The van der Waals surface area contributed by atoms with Crippen LogP contribution in [0.25, 0.3) is 0 Å². The van der Waals surface area contributed by atoms with Crippen molar-refractivity contribution in [2.45, 2.75) is 63.7 Å². The standard InChI is InChI=1S/C19H36N8O6S/c1-9(2)6-12(17(31)27-13(8-34)18(32)33)26-16(30)11(4-3-5-24-19(22)23)25-15(29)10(20)7-14(21)28/h9-13,34H,3-8,20H2,1-2H3,(H2,21,28)(H,25,29)(H,26,30)(H,27,31)(H,32,33)(H4,22,23,24). The molecule has 0 heterocycles. The summed E-state index contributed by atoms with van der Waals surface area (Å²) in [6.07, 6.45) is 0.157. The van der Waals surface area contributed by atoms with Crippen LogP contribution in [0.5, 0.6) is 0 Å². The minimum Gasteiger partial charge on any atom is -0.480 e. The molecule has 0 rings (SSSR count). The third kappa shape index (κ3) is 12.8. The summed E-state index contributed by atoms with van der Waals surface area (Å²) in [7, 11) is 0. The molecule has 15 heteroatoms. The molecule has 0 bridgehead atoms. The first-order chi connectivity index (χ1) is 15.8. The molecule has 4 unspecified atom stereocenters. The van der Waals surface area contributed by atoms with E-state index in [1.807, 2.05) is 13.8 Å². The number of guanidine groups is 1. The van der Waals surface area contributed by atoms with E-state index in [0.29, 0.717) is 6.42 Å². The molecule has 0 aliphatic heterocycles. The van der Waals surface area contributed by atoms with Gasteiger partial charge in [-0.05, 0) is 25.2 Å². The van der Waals surface area contributed by atoms with Crippen LogP contribution in [-0.4, -0.2) is 77.1 Å². The lowest BCUT2D eigenvalue weighted by Crippen LogP contribution is -2.57. The fourth-order valence-electron chi connectivity index (χ4n) is 2.79. The lowest BCUT2D eigenvalue weighted by Gasteiger charge is -2.25. The summed E-state index contributed by atoms with van der Waals surface area (Å²) < 4.78 is 0. The van der Waals surface area contributed by atoms with E-state index in [4.69, 9.17) is 28.0 Å². The van der Waals surface area contributed by atoms with Crippen LogP contribution in [0.1, 0.15) is 39.5 Å². The highest BCUT2D eigenvalue weighted by Crippen LogP contribution is 2.08. The van der Waals surface area contributed by atoms with Crippen LogP contribution < -0.4 is 38.9 Å². The highest BCUT2D eigenvalue weighted by Gasteiger charge is 2.30. The molecule has 194 valence electrons. The number of nitrogens with zero attached hydrogens (tertiary/aromatic N) is 1. The number of carbonyl (C=O) groups is 5. The van der Waals surface area contributed by atoms with E-state index in [9.17, 15) is 24.0 Å². The average Bonchev–Trinajstić information content (AvgIpc) is 2.71. The zero-order chi connectivity index (χ0) is 26.4. The molecule has 0 aromatic carbocycles. The van der Waals surface area contributed by atoms with Crippen LogP contribution in [0.3, 0.4) is 0 Å². The van der Waals surface area contributed by atoms with Crippen molar-refractivity contribution in [2.75, 3.05) is 12.3 Å². The zero-order valence-corrected chi connectivity index (χ0v) is 20.2. The maximum Gasteiger partial charge on any atom is 0.327 e. The third-order valence-electron chi connectivity index (χ3n) is 4.47. The maximum absolute atomic E-state index is 13.0. The van der Waals surface area contributed by atoms with Gasteiger partial charge in [0.05, 0.1) is 12.5 Å². The number of hydrogen-bond acceptors (Lipinski definition) is 8. The molecule has 4 amide bonds. The smallest absolute Gasteiger partial charge is 0.327 e. The van der Waals surface area contributed by atoms with Crippen LogP contribution in [0.15, 0.2) is 4.99 Å². The largest absolute Gasteiger partial charge is 0.480 e. The summed E-state index contributed by atoms with van der Waals surface area (Å²) in [4.78, 5) is 64.1. The Balaban J connectivity index is 5.54. The fraction of sp³-hybridized carbons (Fsp3) is 0.684. The number of rotatable bonds is 16. The van der Waals surface area contributed by atoms with E-state index in [2.05, 4.69) is 33.6 Å². The summed E-state index contributed by atoms with van der Waals surface area (Å²) in [6, 6.07) is -4.73. The topological polar surface area (TPSA) is 258 Å². The molecule has 0 aromatic rings. The Morgan fingerprint density at radius 2 is 1.44 bits per heavy atom. The summed E-state index contributed by atoms with van der Waals surface area (Å²) in [5.41, 5.74) is 21.3. The lowest BCUT2D eigenvalue weighted by atomic mass is 10.0. The van der Waals surface area contributed by atoms with Gasteiger partial charge in [0.2, 0.25) is 23.6 Å². The Labute approximate surface area is 203 Å². The van der Waals surface area contributed by atoms with E-state index in [-0.39, 0.29) is 37.0 Å². The van der Waals surface area contributed by atoms with E-state index in [1.54, 1.807) is 0 Å². The third-order valence-corrected chi connectivity index (χ3v) is 4.84. The number of aliphatic imine (C=N–C) groups is 1. The summed E-state index contributed by atoms with van der Waals surface area (Å²) in [5, 5.41) is 16.5. The number of aliphatic carboxylic acids is 1. The van der Waals surface area contributed by atoms with E-state index >= 15 is 0 Å². The second-order valence-electron chi connectivity index (χ2n) is 8.06. The quantitative estimate of drug-likeness (QED) is 0.0442. The highest BCUT2D eigenvalue weighted by molar-refractivity contribution is 7.80. The maximum atomic E-state index is 13.0. The van der Waals surface area contributed by atoms with Gasteiger partial charge in [0.15, 0.2) is 5.96 Å². The predicted molar refractivity (Wildman–Crippen MR) is 128 cm³/mol. The number of carbonyl (C=O) groups excluding carboxylic acids is 4. The molecule has 0 spiro atoms. The van der Waals surface area contributed by atoms with Crippen molar-refractivity contribution in [1.82, 2.24) is 16.0 Å². The van der Waals surface area contributed by atoms with Gasteiger partial charge in [0, 0.05) is 12.3 Å². The van der Waals surface area contributed by atoms with Crippen molar-refractivity contribution in [3.63, 3.8) is 0 Å². The molecule has 12 N–H and O–H groups in total. The predicted octanol–water partition coefficient (Wildman–Crippen LogP) is -3.24. The Morgan fingerprint density at radius 3 is 1.91 bits per heavy atom. The number of carboxylic acids is 1. The van der Waals surface area contributed by atoms with Crippen molar-refractivity contribution >= 4 is 48.2 Å². The number of amides is 4. The number of carboxylic acid groups (broad SMARTS) is 1. The number of nitrogens with one attached hydrogen (secondary N) is 3. The van der Waals surface area contributed by atoms with E-state index in [1.165, 1.54) is 0 Å². The molecule has 0 radical (unpaired) electrons. The van der Waals surface area contributed by atoms with E-state index < -0.39 is 60.2 Å². The molecule has 4 atom stereocenters. The van der Waals surface area contributed by atoms with Crippen LogP contribution in [0, 0.1) is 5.92 Å². The molecule has 0 aliphatic carbocycles. The Morgan fingerprint density at radius 1 is 0.912 bits per heavy atom. The second-order valence-corrected chi connectivity index (χ2v) is 8.42. The van der Waals surface area contributed by atoms with Crippen molar-refractivity contribution < 1.29 is 29.1 Å². The van der Waals surface area contributed by atoms with Crippen molar-refractivity contribution in [3.8, 4) is 0 Å². The van der Waals surface area contributed by atoms with Gasteiger partial charge >= 0.3 is 5.97 Å². The fourth-order valence-corrected chi connectivity index (χ4v) is 3.04. The van der Waals surface area contributed by atoms with Gasteiger partial charge < -0.3 is 44.0 Å². The minimum atomic E-state index is -1.27.